The molecule has 13 heteroatoms. The molecule has 1 fully saturated rings. The van der Waals surface area contributed by atoms with Gasteiger partial charge in [-0.3, -0.25) is 10.1 Å². The first-order chi connectivity index (χ1) is 20.6. The Labute approximate surface area is 257 Å². The standard InChI is InChI=1S/C30H30BrFN7O3P/c1-19-17-37(18-20(2)42-19)43(35-27-15-14-23(39(40)41)16-25(27)31)28-21(3)34-38(22-10-6-5-7-11-22)30(28)33-29(36(43)4)24-12-8-9-13-26(24)32/h5-16,19-20H,17-18H2,1-4H3. The lowest BCUT2D eigenvalue weighted by Crippen LogP contribution is -2.50. The summed E-state index contributed by atoms with van der Waals surface area (Å²) in [5.41, 5.74) is 2.37. The van der Waals surface area contributed by atoms with Gasteiger partial charge in [0.05, 0.1) is 49.5 Å². The molecule has 0 N–H and O–H groups in total. The number of rotatable bonds is 5. The zero-order valence-electron chi connectivity index (χ0n) is 24.1. The summed E-state index contributed by atoms with van der Waals surface area (Å²) in [6.45, 7) is 7.10. The van der Waals surface area contributed by atoms with Gasteiger partial charge in [0.1, 0.15) is 11.7 Å². The number of non-ortho nitro benzene ring substituents is 1. The smallest absolute Gasteiger partial charge is 0.270 e. The number of ether oxygens (including phenoxy) is 1. The number of amidine groups is 1. The van der Waals surface area contributed by atoms with E-state index in [0.717, 1.165) is 16.7 Å². The highest BCUT2D eigenvalue weighted by atomic mass is 79.9. The summed E-state index contributed by atoms with van der Waals surface area (Å²) in [6.07, 6.45) is -0.207. The van der Waals surface area contributed by atoms with E-state index in [9.17, 15) is 10.1 Å². The molecule has 0 saturated carbocycles. The minimum absolute atomic E-state index is 0.0498. The van der Waals surface area contributed by atoms with E-state index in [-0.39, 0.29) is 17.9 Å². The lowest BCUT2D eigenvalue weighted by atomic mass is 10.2. The molecule has 0 aliphatic carbocycles. The van der Waals surface area contributed by atoms with Crippen molar-refractivity contribution < 1.29 is 14.1 Å². The summed E-state index contributed by atoms with van der Waals surface area (Å²) in [5.74, 6) is 0.587. The van der Waals surface area contributed by atoms with Crippen LogP contribution in [-0.4, -0.2) is 62.2 Å². The van der Waals surface area contributed by atoms with E-state index in [4.69, 9.17) is 19.6 Å². The van der Waals surface area contributed by atoms with E-state index in [1.807, 2.05) is 62.8 Å². The molecule has 1 aromatic heterocycles. The summed E-state index contributed by atoms with van der Waals surface area (Å²) >= 11 is 3.55. The van der Waals surface area contributed by atoms with Gasteiger partial charge in [0.15, 0.2) is 13.2 Å². The Balaban J connectivity index is 1.73. The van der Waals surface area contributed by atoms with Gasteiger partial charge in [0, 0.05) is 32.3 Å². The molecule has 3 aromatic carbocycles. The maximum absolute atomic E-state index is 15.5. The molecule has 2 aliphatic heterocycles. The first kappa shape index (κ1) is 29.4. The third kappa shape index (κ3) is 5.12. The molecule has 1 saturated heterocycles. The maximum atomic E-state index is 15.5. The molecule has 43 heavy (non-hydrogen) atoms. The van der Waals surface area contributed by atoms with Gasteiger partial charge < -0.3 is 9.41 Å². The van der Waals surface area contributed by atoms with Crippen molar-refractivity contribution in [2.75, 3.05) is 20.1 Å². The highest BCUT2D eigenvalue weighted by molar-refractivity contribution is 9.10. The topological polar surface area (TPSA) is 101 Å². The molecule has 6 rings (SSSR count). The molecule has 3 atom stereocenters. The van der Waals surface area contributed by atoms with E-state index in [2.05, 4.69) is 20.6 Å². The molecule has 0 radical (unpaired) electrons. The highest BCUT2D eigenvalue weighted by Gasteiger charge is 2.47. The van der Waals surface area contributed by atoms with Crippen LogP contribution in [-0.2, 0) is 4.74 Å². The second-order valence-corrected chi connectivity index (χ2v) is 14.4. The number of fused-ring (bicyclic) bond motifs is 1. The maximum Gasteiger partial charge on any atom is 0.270 e. The van der Waals surface area contributed by atoms with Gasteiger partial charge in [0.2, 0.25) is 0 Å². The normalized spacial score (nSPS) is 22.2. The van der Waals surface area contributed by atoms with E-state index in [0.29, 0.717) is 40.5 Å². The van der Waals surface area contributed by atoms with Crippen molar-refractivity contribution in [3.8, 4) is 5.69 Å². The molecule has 3 unspecified atom stereocenters. The zero-order chi connectivity index (χ0) is 30.5. The largest absolute Gasteiger partial charge is 0.373 e. The number of hydrogen-bond acceptors (Lipinski definition) is 6. The third-order valence-electron chi connectivity index (χ3n) is 7.54. The molecule has 0 spiro atoms. The van der Waals surface area contributed by atoms with Crippen molar-refractivity contribution >= 4 is 51.6 Å². The van der Waals surface area contributed by atoms with Crippen LogP contribution in [0.4, 0.5) is 21.6 Å². The van der Waals surface area contributed by atoms with Crippen molar-refractivity contribution in [2.45, 2.75) is 33.0 Å². The van der Waals surface area contributed by atoms with Crippen molar-refractivity contribution in [1.82, 2.24) is 19.1 Å². The Morgan fingerprint density at radius 3 is 2.40 bits per heavy atom. The second kappa shape index (κ2) is 11.4. The van der Waals surface area contributed by atoms with Gasteiger partial charge in [-0.15, -0.1) is 0 Å². The number of aromatic nitrogens is 2. The van der Waals surface area contributed by atoms with Crippen LogP contribution in [0.25, 0.3) is 5.69 Å². The van der Waals surface area contributed by atoms with Crippen molar-refractivity contribution in [3.05, 3.63) is 104 Å². The molecule has 2 aliphatic rings. The van der Waals surface area contributed by atoms with Crippen LogP contribution >= 0.6 is 23.3 Å². The molecule has 222 valence electrons. The first-order valence-electron chi connectivity index (χ1n) is 13.8. The second-order valence-electron chi connectivity index (χ2n) is 10.6. The van der Waals surface area contributed by atoms with E-state index in [1.54, 1.807) is 28.9 Å². The van der Waals surface area contributed by atoms with Crippen LogP contribution in [0.2, 0.25) is 0 Å². The molecular weight excluding hydrogens is 636 g/mol. The van der Waals surface area contributed by atoms with E-state index in [1.165, 1.54) is 18.2 Å². The molecule has 0 bridgehead atoms. The number of hydrogen-bond donors (Lipinski definition) is 0. The Bertz CT molecular complexity index is 1800. The SMILES string of the molecule is Cc1nn(-c2ccccc2)c2c1P(=Nc1ccc([N+](=O)[O-])cc1Br)(N1CC(C)OC(C)C1)N(C)C(c1ccccc1F)=N2. The number of nitro groups is 1. The fourth-order valence-corrected chi connectivity index (χ4v) is 10.4. The quantitative estimate of drug-likeness (QED) is 0.128. The summed E-state index contributed by atoms with van der Waals surface area (Å²) in [7, 11) is -1.16. The van der Waals surface area contributed by atoms with Crippen LogP contribution in [0, 0.1) is 22.9 Å². The van der Waals surface area contributed by atoms with Crippen LogP contribution in [0.3, 0.4) is 0 Å². The Morgan fingerprint density at radius 1 is 1.07 bits per heavy atom. The number of benzene rings is 3. The van der Waals surface area contributed by atoms with Gasteiger partial charge in [-0.2, -0.15) is 5.10 Å². The molecule has 4 aromatic rings. The fraction of sp³-hybridized carbons (Fsp3) is 0.267. The third-order valence-corrected chi connectivity index (χ3v) is 11.9. The number of para-hydroxylation sites is 1. The minimum Gasteiger partial charge on any atom is -0.373 e. The number of aliphatic imine (C=N–C) groups is 1. The van der Waals surface area contributed by atoms with E-state index >= 15 is 4.39 Å². The Kier molecular flexibility index (Phi) is 7.80. The van der Waals surface area contributed by atoms with Crippen molar-refractivity contribution in [3.63, 3.8) is 0 Å². The highest BCUT2D eigenvalue weighted by Crippen LogP contribution is 2.63. The number of morpholine rings is 1. The number of nitro benzene ring substituents is 1. The fourth-order valence-electron chi connectivity index (χ4n) is 5.77. The molecule has 10 nitrogen and oxygen atoms in total. The van der Waals surface area contributed by atoms with Crippen molar-refractivity contribution in [2.24, 2.45) is 9.74 Å². The Morgan fingerprint density at radius 2 is 1.74 bits per heavy atom. The summed E-state index contributed by atoms with van der Waals surface area (Å²) in [4.78, 5) is 16.2. The lowest BCUT2D eigenvalue weighted by Gasteiger charge is -2.48. The average Bonchev–Trinajstić information content (AvgIpc) is 3.31. The molecule has 3 heterocycles. The summed E-state index contributed by atoms with van der Waals surface area (Å²) in [5, 5.41) is 17.3. The molecule has 0 amide bonds. The first-order valence-corrected chi connectivity index (χ1v) is 16.2. The van der Waals surface area contributed by atoms with Gasteiger partial charge in [-0.25, -0.2) is 23.5 Å². The zero-order valence-corrected chi connectivity index (χ0v) is 26.5. The van der Waals surface area contributed by atoms with Gasteiger partial charge in [-0.1, -0.05) is 30.3 Å². The monoisotopic (exact) mass is 665 g/mol. The lowest BCUT2D eigenvalue weighted by molar-refractivity contribution is -0.384. The van der Waals surface area contributed by atoms with E-state index < -0.39 is 18.1 Å². The number of aryl methyl sites for hydroxylation is 1. The summed E-state index contributed by atoms with van der Waals surface area (Å²) in [6, 6.07) is 20.8. The Hall–Kier alpha value is -3.70. The number of nitrogens with zero attached hydrogens (tertiary/aromatic N) is 7. The number of halogens is 2. The predicted molar refractivity (Wildman–Crippen MR) is 170 cm³/mol. The van der Waals surface area contributed by atoms with Crippen molar-refractivity contribution in [1.29, 1.82) is 0 Å². The van der Waals surface area contributed by atoms with Crippen LogP contribution in [0.15, 0.2) is 87.0 Å². The minimum atomic E-state index is -3.06. The van der Waals surface area contributed by atoms with Crippen LogP contribution < -0.4 is 5.30 Å². The summed E-state index contributed by atoms with van der Waals surface area (Å²) < 4.78 is 33.8. The average molecular weight is 666 g/mol. The van der Waals surface area contributed by atoms with Crippen LogP contribution in [0.5, 0.6) is 0 Å². The predicted octanol–water partition coefficient (Wildman–Crippen LogP) is 7.11. The molecular formula is C30H30BrFN7O3P. The van der Waals surface area contributed by atoms with Gasteiger partial charge >= 0.3 is 0 Å². The van der Waals surface area contributed by atoms with Gasteiger partial charge in [-0.05, 0) is 67.0 Å². The van der Waals surface area contributed by atoms with Crippen LogP contribution in [0.1, 0.15) is 25.1 Å². The van der Waals surface area contributed by atoms with Gasteiger partial charge in [0.25, 0.3) is 5.69 Å².